The maximum Gasteiger partial charge on any atom is 0.318 e. The van der Waals surface area contributed by atoms with Crippen LogP contribution in [0.3, 0.4) is 0 Å². The van der Waals surface area contributed by atoms with Crippen molar-refractivity contribution in [2.45, 2.75) is 43.6 Å². The number of nitrogens with two attached hydrogens (primary N) is 1. The van der Waals surface area contributed by atoms with Crippen molar-refractivity contribution in [2.24, 2.45) is 5.73 Å². The van der Waals surface area contributed by atoms with Crippen molar-refractivity contribution in [3.05, 3.63) is 18.2 Å². The third-order valence-electron chi connectivity index (χ3n) is 4.10. The molecule has 4 N–H and O–H groups in total. The van der Waals surface area contributed by atoms with Gasteiger partial charge in [0.1, 0.15) is 13.2 Å². The summed E-state index contributed by atoms with van der Waals surface area (Å²) < 4.78 is 42.9. The zero-order chi connectivity index (χ0) is 22.1. The van der Waals surface area contributed by atoms with Gasteiger partial charge in [-0.3, -0.25) is 14.9 Å². The summed E-state index contributed by atoms with van der Waals surface area (Å²) in [6.07, 6.45) is 0.454. The van der Waals surface area contributed by atoms with Gasteiger partial charge in [-0.25, -0.2) is 17.9 Å². The highest BCUT2D eigenvalue weighted by Crippen LogP contribution is 2.32. The van der Waals surface area contributed by atoms with E-state index in [-0.39, 0.29) is 17.9 Å². The van der Waals surface area contributed by atoms with Crippen LogP contribution in [0.25, 0.3) is 0 Å². The van der Waals surface area contributed by atoms with Crippen LogP contribution in [0.4, 0.5) is 4.79 Å². The number of urea groups is 1. The summed E-state index contributed by atoms with van der Waals surface area (Å²) >= 11 is 0. The Morgan fingerprint density at radius 2 is 1.83 bits per heavy atom. The fraction of sp³-hybridized carbons (Fsp3) is 0.500. The molecule has 1 aliphatic heterocycles. The lowest BCUT2D eigenvalue weighted by molar-refractivity contribution is -0.154. The first kappa shape index (κ1) is 23.4. The quantitative estimate of drug-likeness (QED) is 0.346. The first-order chi connectivity index (χ1) is 14.2. The zero-order valence-corrected chi connectivity index (χ0v) is 17.3. The third kappa shape index (κ3) is 7.19. The van der Waals surface area contributed by atoms with E-state index < -0.39 is 34.0 Å². The molecule has 0 unspecified atom stereocenters. The lowest BCUT2D eigenvalue weighted by atomic mass is 10.2. The minimum atomic E-state index is -3.69. The summed E-state index contributed by atoms with van der Waals surface area (Å²) in [5.74, 6) is -0.502. The van der Waals surface area contributed by atoms with Gasteiger partial charge in [0.2, 0.25) is 10.0 Å². The van der Waals surface area contributed by atoms with Gasteiger partial charge in [-0.05, 0) is 31.9 Å². The van der Waals surface area contributed by atoms with Crippen LogP contribution in [-0.4, -0.2) is 52.2 Å². The third-order valence-corrected chi connectivity index (χ3v) is 5.56. The molecule has 1 aliphatic rings. The van der Waals surface area contributed by atoms with Crippen LogP contribution in [0.5, 0.6) is 11.5 Å². The Morgan fingerprint density at radius 3 is 2.53 bits per heavy atom. The highest BCUT2D eigenvalue weighted by molar-refractivity contribution is 7.89. The van der Waals surface area contributed by atoms with Crippen LogP contribution in [-0.2, 0) is 24.3 Å². The second-order valence-electron chi connectivity index (χ2n) is 6.50. The van der Waals surface area contributed by atoms with E-state index in [2.05, 4.69) is 4.72 Å². The Kier molecular flexibility index (Phi) is 8.42. The Balaban J connectivity index is 1.67. The number of amides is 3. The van der Waals surface area contributed by atoms with E-state index in [1.807, 2.05) is 5.32 Å². The van der Waals surface area contributed by atoms with Crippen molar-refractivity contribution in [2.75, 3.05) is 19.8 Å². The van der Waals surface area contributed by atoms with E-state index >= 15 is 0 Å². The summed E-state index contributed by atoms with van der Waals surface area (Å²) in [5.41, 5.74) is 4.81. The number of esters is 1. The van der Waals surface area contributed by atoms with E-state index in [1.54, 1.807) is 6.07 Å². The van der Waals surface area contributed by atoms with Crippen LogP contribution in [0, 0.1) is 0 Å². The molecule has 1 aromatic rings. The van der Waals surface area contributed by atoms with Gasteiger partial charge in [0.25, 0.3) is 5.91 Å². The number of imide groups is 1. The largest absolute Gasteiger partial charge is 0.486 e. The van der Waals surface area contributed by atoms with Crippen LogP contribution in [0.15, 0.2) is 23.1 Å². The molecule has 0 radical (unpaired) electrons. The molecule has 1 heterocycles. The van der Waals surface area contributed by atoms with Crippen LogP contribution in [0.1, 0.15) is 32.6 Å². The Labute approximate surface area is 174 Å². The lowest BCUT2D eigenvalue weighted by Gasteiger charge is -2.18. The summed E-state index contributed by atoms with van der Waals surface area (Å²) in [6, 6.07) is 3.39. The molecule has 1 atom stereocenters. The number of hydrogen-bond donors (Lipinski definition) is 3. The lowest BCUT2D eigenvalue weighted by Crippen LogP contribution is -2.42. The van der Waals surface area contributed by atoms with Gasteiger partial charge in [0, 0.05) is 19.0 Å². The molecule has 11 nitrogen and oxygen atoms in total. The van der Waals surface area contributed by atoms with Gasteiger partial charge in [-0.15, -0.1) is 0 Å². The van der Waals surface area contributed by atoms with E-state index in [1.165, 1.54) is 19.1 Å². The standard InChI is InChI=1S/C18H25N3O8S/c1-12(17(23)21-18(19)24)29-16(22)5-3-2-4-8-20-30(25,26)13-6-7-14-15(11-13)28-10-9-27-14/h6-7,11-12,20H,2-5,8-10H2,1H3,(H3,19,21,23,24)/t12-/m0/s1. The van der Waals surface area contributed by atoms with Gasteiger partial charge in [0.15, 0.2) is 17.6 Å². The molecule has 166 valence electrons. The molecule has 0 bridgehead atoms. The number of benzene rings is 1. The molecule has 0 fully saturated rings. The summed E-state index contributed by atoms with van der Waals surface area (Å²) in [6.45, 7) is 2.30. The molecule has 3 amide bonds. The topological polar surface area (TPSA) is 163 Å². The fourth-order valence-electron chi connectivity index (χ4n) is 2.58. The highest BCUT2D eigenvalue weighted by atomic mass is 32.2. The number of carbonyl (C=O) groups is 3. The molecule has 0 aliphatic carbocycles. The molecule has 30 heavy (non-hydrogen) atoms. The number of sulfonamides is 1. The SMILES string of the molecule is C[C@H](OC(=O)CCCCCNS(=O)(=O)c1ccc2c(c1)OCCO2)C(=O)NC(N)=O. The van der Waals surface area contributed by atoms with Crippen molar-refractivity contribution in [1.29, 1.82) is 0 Å². The number of primary amides is 1. The molecule has 0 spiro atoms. The molecular weight excluding hydrogens is 418 g/mol. The number of ether oxygens (including phenoxy) is 3. The van der Waals surface area contributed by atoms with Crippen molar-refractivity contribution in [1.82, 2.24) is 10.0 Å². The van der Waals surface area contributed by atoms with Crippen molar-refractivity contribution in [3.8, 4) is 11.5 Å². The van der Waals surface area contributed by atoms with E-state index in [9.17, 15) is 22.8 Å². The molecule has 0 aromatic heterocycles. The Hall–Kier alpha value is -2.86. The minimum absolute atomic E-state index is 0.0586. The van der Waals surface area contributed by atoms with Crippen molar-refractivity contribution in [3.63, 3.8) is 0 Å². The van der Waals surface area contributed by atoms with E-state index in [4.69, 9.17) is 19.9 Å². The normalized spacial score (nSPS) is 13.9. The summed E-state index contributed by atoms with van der Waals surface area (Å²) in [4.78, 5) is 33.8. The zero-order valence-electron chi connectivity index (χ0n) is 16.5. The Bertz CT molecular complexity index is 887. The molecule has 12 heteroatoms. The van der Waals surface area contributed by atoms with E-state index in [0.29, 0.717) is 44.0 Å². The van der Waals surface area contributed by atoms with E-state index in [0.717, 1.165) is 0 Å². The predicted molar refractivity (Wildman–Crippen MR) is 104 cm³/mol. The average molecular weight is 443 g/mol. The van der Waals surface area contributed by atoms with Gasteiger partial charge in [-0.1, -0.05) is 6.42 Å². The monoisotopic (exact) mass is 443 g/mol. The number of fused-ring (bicyclic) bond motifs is 1. The maximum absolute atomic E-state index is 12.4. The maximum atomic E-state index is 12.4. The van der Waals surface area contributed by atoms with Gasteiger partial charge in [0.05, 0.1) is 4.90 Å². The van der Waals surface area contributed by atoms with Crippen LogP contribution < -0.4 is 25.2 Å². The minimum Gasteiger partial charge on any atom is -0.486 e. The van der Waals surface area contributed by atoms with Gasteiger partial charge >= 0.3 is 12.0 Å². The molecule has 1 aromatic carbocycles. The number of unbranched alkanes of at least 4 members (excludes halogenated alkanes) is 2. The first-order valence-electron chi connectivity index (χ1n) is 9.38. The van der Waals surface area contributed by atoms with Crippen LogP contribution in [0.2, 0.25) is 0 Å². The predicted octanol–water partition coefficient (Wildman–Crippen LogP) is 0.423. The smallest absolute Gasteiger partial charge is 0.318 e. The fourth-order valence-corrected chi connectivity index (χ4v) is 3.67. The summed E-state index contributed by atoms with van der Waals surface area (Å²) in [7, 11) is -3.69. The number of nitrogens with one attached hydrogen (secondary N) is 2. The average Bonchev–Trinajstić information content (AvgIpc) is 2.69. The number of hydrogen-bond acceptors (Lipinski definition) is 8. The van der Waals surface area contributed by atoms with Gasteiger partial charge < -0.3 is 19.9 Å². The first-order valence-corrected chi connectivity index (χ1v) is 10.9. The molecule has 0 saturated heterocycles. The molecule has 0 saturated carbocycles. The highest BCUT2D eigenvalue weighted by Gasteiger charge is 2.20. The van der Waals surface area contributed by atoms with Crippen LogP contribution >= 0.6 is 0 Å². The number of rotatable bonds is 10. The second kappa shape index (κ2) is 10.8. The molecular formula is C18H25N3O8S. The van der Waals surface area contributed by atoms with Crippen molar-refractivity contribution < 1.29 is 37.0 Å². The molecule has 2 rings (SSSR count). The van der Waals surface area contributed by atoms with Gasteiger partial charge in [-0.2, -0.15) is 0 Å². The number of carbonyl (C=O) groups excluding carboxylic acids is 3. The Morgan fingerprint density at radius 1 is 1.13 bits per heavy atom. The summed E-state index contributed by atoms with van der Waals surface area (Å²) in [5, 5.41) is 1.82. The van der Waals surface area contributed by atoms with Crippen molar-refractivity contribution >= 4 is 27.9 Å². The second-order valence-corrected chi connectivity index (χ2v) is 8.27.